The lowest BCUT2D eigenvalue weighted by Gasteiger charge is -2.21. The summed E-state index contributed by atoms with van der Waals surface area (Å²) in [5, 5.41) is 0. The second kappa shape index (κ2) is 10.1. The van der Waals surface area contributed by atoms with E-state index in [0.29, 0.717) is 38.3 Å². The summed E-state index contributed by atoms with van der Waals surface area (Å²) < 4.78 is 0. The van der Waals surface area contributed by atoms with Gasteiger partial charge in [0.25, 0.3) is 5.91 Å². The van der Waals surface area contributed by atoms with Crippen LogP contribution >= 0.6 is 0 Å². The fourth-order valence-electron chi connectivity index (χ4n) is 2.75. The van der Waals surface area contributed by atoms with E-state index in [0.717, 1.165) is 11.1 Å². The van der Waals surface area contributed by atoms with Crippen LogP contribution < -0.4 is 0 Å². The average molecular weight is 344 g/mol. The molecule has 26 heavy (non-hydrogen) atoms. The van der Waals surface area contributed by atoms with E-state index in [2.05, 4.69) is 11.8 Å². The number of terminal acetylenes is 2. The van der Waals surface area contributed by atoms with Gasteiger partial charge in [-0.2, -0.15) is 0 Å². The Morgan fingerprint density at radius 3 is 2.00 bits per heavy atom. The molecule has 0 N–H and O–H groups in total. The Hall–Kier alpha value is -3.01. The van der Waals surface area contributed by atoms with Gasteiger partial charge in [-0.15, -0.1) is 12.8 Å². The van der Waals surface area contributed by atoms with Gasteiger partial charge in [-0.1, -0.05) is 54.3 Å². The first-order valence-corrected chi connectivity index (χ1v) is 8.69. The molecule has 1 amide bonds. The van der Waals surface area contributed by atoms with Gasteiger partial charge in [0.2, 0.25) is 0 Å². The van der Waals surface area contributed by atoms with Crippen molar-refractivity contribution in [2.75, 3.05) is 19.6 Å². The fourth-order valence-corrected chi connectivity index (χ4v) is 2.75. The first-order valence-electron chi connectivity index (χ1n) is 8.69. The molecule has 0 bridgehead atoms. The van der Waals surface area contributed by atoms with Crippen LogP contribution in [0.3, 0.4) is 0 Å². The molecule has 0 aliphatic heterocycles. The van der Waals surface area contributed by atoms with Crippen LogP contribution in [0.15, 0.2) is 54.6 Å². The van der Waals surface area contributed by atoms with Crippen molar-refractivity contribution in [1.82, 2.24) is 9.80 Å². The van der Waals surface area contributed by atoms with Crippen LogP contribution in [-0.4, -0.2) is 35.3 Å². The van der Waals surface area contributed by atoms with Gasteiger partial charge in [-0.05, 0) is 30.2 Å². The van der Waals surface area contributed by atoms with E-state index in [4.69, 9.17) is 12.8 Å². The van der Waals surface area contributed by atoms with Crippen LogP contribution in [-0.2, 0) is 13.1 Å². The molecule has 2 rings (SSSR count). The van der Waals surface area contributed by atoms with Gasteiger partial charge in [0, 0.05) is 25.2 Å². The number of carbonyl (C=O) groups excluding carboxylic acids is 1. The number of rotatable bonds is 8. The normalized spacial score (nSPS) is 10.2. The molecule has 0 heterocycles. The van der Waals surface area contributed by atoms with Gasteiger partial charge in [0.15, 0.2) is 0 Å². The van der Waals surface area contributed by atoms with Crippen LogP contribution in [0.25, 0.3) is 0 Å². The van der Waals surface area contributed by atoms with Gasteiger partial charge in [0.1, 0.15) is 0 Å². The summed E-state index contributed by atoms with van der Waals surface area (Å²) in [4.78, 5) is 16.6. The summed E-state index contributed by atoms with van der Waals surface area (Å²) in [5.74, 6) is 5.27. The zero-order valence-corrected chi connectivity index (χ0v) is 15.2. The van der Waals surface area contributed by atoms with E-state index in [1.165, 1.54) is 0 Å². The molecule has 0 spiro atoms. The monoisotopic (exact) mass is 344 g/mol. The highest BCUT2D eigenvalue weighted by atomic mass is 16.2. The Kier molecular flexibility index (Phi) is 7.49. The zero-order chi connectivity index (χ0) is 18.8. The van der Waals surface area contributed by atoms with Crippen molar-refractivity contribution < 1.29 is 4.79 Å². The molecule has 0 aliphatic rings. The minimum absolute atomic E-state index is 0.0343. The Labute approximate surface area is 156 Å². The summed E-state index contributed by atoms with van der Waals surface area (Å²) in [6.07, 6.45) is 10.8. The first-order chi connectivity index (χ1) is 12.7. The molecule has 132 valence electrons. The molecule has 3 nitrogen and oxygen atoms in total. The molecule has 0 aliphatic carbocycles. The Bertz CT molecular complexity index is 766. The van der Waals surface area contributed by atoms with E-state index in [9.17, 15) is 4.79 Å². The Morgan fingerprint density at radius 2 is 1.46 bits per heavy atom. The summed E-state index contributed by atoms with van der Waals surface area (Å²) in [7, 11) is 0. The summed E-state index contributed by atoms with van der Waals surface area (Å²) in [5.41, 5.74) is 2.89. The summed E-state index contributed by atoms with van der Waals surface area (Å²) in [6, 6.07) is 17.7. The SMILES string of the molecule is C#CCN(CC#C)Cc1ccc(C(=O)N(CC)Cc2ccccc2)cc1. The first kappa shape index (κ1) is 19.3. The van der Waals surface area contributed by atoms with Gasteiger partial charge < -0.3 is 4.90 Å². The third-order valence-electron chi connectivity index (χ3n) is 4.12. The molecule has 0 atom stereocenters. The van der Waals surface area contributed by atoms with Crippen molar-refractivity contribution in [3.63, 3.8) is 0 Å². The molecule has 0 unspecified atom stereocenters. The number of amides is 1. The highest BCUT2D eigenvalue weighted by Crippen LogP contribution is 2.12. The van der Waals surface area contributed by atoms with Crippen LogP contribution in [0.2, 0.25) is 0 Å². The Balaban J connectivity index is 2.05. The third-order valence-corrected chi connectivity index (χ3v) is 4.12. The average Bonchev–Trinajstić information content (AvgIpc) is 2.67. The van der Waals surface area contributed by atoms with E-state index >= 15 is 0 Å². The second-order valence-electron chi connectivity index (χ2n) is 6.06. The molecular formula is C23H24N2O. The highest BCUT2D eigenvalue weighted by molar-refractivity contribution is 5.94. The standard InChI is InChI=1S/C23H24N2O/c1-4-16-24(17-5-2)18-21-12-14-22(15-13-21)23(26)25(6-3)19-20-10-8-7-9-11-20/h1-2,7-15H,6,16-19H2,3H3. The van der Waals surface area contributed by atoms with Crippen LogP contribution in [0, 0.1) is 24.7 Å². The topological polar surface area (TPSA) is 23.6 Å². The van der Waals surface area contributed by atoms with Gasteiger partial charge in [0.05, 0.1) is 13.1 Å². The molecule has 0 radical (unpaired) electrons. The molecule has 2 aromatic carbocycles. The lowest BCUT2D eigenvalue weighted by molar-refractivity contribution is 0.0752. The lowest BCUT2D eigenvalue weighted by Crippen LogP contribution is -2.30. The van der Waals surface area contributed by atoms with Crippen LogP contribution in [0.4, 0.5) is 0 Å². The second-order valence-corrected chi connectivity index (χ2v) is 6.06. The van der Waals surface area contributed by atoms with Crippen molar-refractivity contribution in [2.45, 2.75) is 20.0 Å². The van der Waals surface area contributed by atoms with E-state index in [1.807, 2.05) is 71.3 Å². The predicted octanol–water partition coefficient (Wildman–Crippen LogP) is 3.42. The molecule has 3 heteroatoms. The van der Waals surface area contributed by atoms with Crippen LogP contribution in [0.5, 0.6) is 0 Å². The number of benzene rings is 2. The molecular weight excluding hydrogens is 320 g/mol. The molecule has 0 saturated carbocycles. The van der Waals surface area contributed by atoms with Crippen molar-refractivity contribution in [2.24, 2.45) is 0 Å². The zero-order valence-electron chi connectivity index (χ0n) is 15.2. The smallest absolute Gasteiger partial charge is 0.254 e. The van der Waals surface area contributed by atoms with Gasteiger partial charge in [-0.3, -0.25) is 9.69 Å². The minimum atomic E-state index is 0.0343. The lowest BCUT2D eigenvalue weighted by atomic mass is 10.1. The maximum Gasteiger partial charge on any atom is 0.254 e. The van der Waals surface area contributed by atoms with Crippen molar-refractivity contribution in [3.05, 3.63) is 71.3 Å². The minimum Gasteiger partial charge on any atom is -0.335 e. The van der Waals surface area contributed by atoms with Crippen molar-refractivity contribution >= 4 is 5.91 Å². The van der Waals surface area contributed by atoms with E-state index < -0.39 is 0 Å². The van der Waals surface area contributed by atoms with Crippen LogP contribution in [0.1, 0.15) is 28.4 Å². The molecule has 0 aromatic heterocycles. The van der Waals surface area contributed by atoms with Crippen molar-refractivity contribution in [1.29, 1.82) is 0 Å². The highest BCUT2D eigenvalue weighted by Gasteiger charge is 2.14. The van der Waals surface area contributed by atoms with Crippen molar-refractivity contribution in [3.8, 4) is 24.7 Å². The largest absolute Gasteiger partial charge is 0.335 e. The number of hydrogen-bond donors (Lipinski definition) is 0. The molecule has 0 fully saturated rings. The molecule has 0 saturated heterocycles. The van der Waals surface area contributed by atoms with E-state index in [1.54, 1.807) is 0 Å². The maximum atomic E-state index is 12.8. The van der Waals surface area contributed by atoms with Gasteiger partial charge >= 0.3 is 0 Å². The quantitative estimate of drug-likeness (QED) is 0.685. The fraction of sp³-hybridized carbons (Fsp3) is 0.261. The Morgan fingerprint density at radius 1 is 0.885 bits per heavy atom. The number of hydrogen-bond acceptors (Lipinski definition) is 2. The summed E-state index contributed by atoms with van der Waals surface area (Å²) >= 11 is 0. The maximum absolute atomic E-state index is 12.8. The van der Waals surface area contributed by atoms with E-state index in [-0.39, 0.29) is 5.91 Å². The number of carbonyl (C=O) groups is 1. The summed E-state index contributed by atoms with van der Waals surface area (Å²) in [6.45, 7) is 4.94. The predicted molar refractivity (Wildman–Crippen MR) is 106 cm³/mol. The van der Waals surface area contributed by atoms with Gasteiger partial charge in [-0.25, -0.2) is 0 Å². The third kappa shape index (κ3) is 5.52. The molecule has 2 aromatic rings. The number of nitrogens with zero attached hydrogens (tertiary/aromatic N) is 2.